The molecular formula is C39H37N2O7PS. The largest absolute Gasteiger partial charge is 0.508 e. The molecular weight excluding hydrogens is 671 g/mol. The van der Waals surface area contributed by atoms with Gasteiger partial charge in [-0.3, -0.25) is 9.59 Å². The average molecular weight is 709 g/mol. The van der Waals surface area contributed by atoms with Gasteiger partial charge in [0.2, 0.25) is 5.91 Å². The molecule has 0 aliphatic carbocycles. The maximum atomic E-state index is 14.3. The highest BCUT2D eigenvalue weighted by molar-refractivity contribution is 8.13. The maximum Gasteiger partial charge on any atom is 0.508 e. The van der Waals surface area contributed by atoms with E-state index in [1.54, 1.807) is 48.4 Å². The van der Waals surface area contributed by atoms with Gasteiger partial charge in [-0.15, -0.1) is 0 Å². The van der Waals surface area contributed by atoms with E-state index in [9.17, 15) is 19.2 Å². The molecule has 256 valence electrons. The Morgan fingerprint density at radius 3 is 2.08 bits per heavy atom. The average Bonchev–Trinajstić information content (AvgIpc) is 3.14. The van der Waals surface area contributed by atoms with Crippen molar-refractivity contribution in [1.29, 1.82) is 0 Å². The lowest BCUT2D eigenvalue weighted by Gasteiger charge is -2.48. The Hall–Kier alpha value is -5.18. The van der Waals surface area contributed by atoms with Gasteiger partial charge in [0.1, 0.15) is 24.3 Å². The quantitative estimate of drug-likeness (QED) is 0.0532. The Morgan fingerprint density at radius 2 is 1.46 bits per heavy atom. The normalized spacial score (nSPS) is 15.9. The van der Waals surface area contributed by atoms with Gasteiger partial charge in [-0.2, -0.15) is 0 Å². The number of pyridine rings is 1. The van der Waals surface area contributed by atoms with Gasteiger partial charge in [-0.05, 0) is 59.7 Å². The zero-order valence-electron chi connectivity index (χ0n) is 27.5. The molecule has 9 nitrogen and oxygen atoms in total. The summed E-state index contributed by atoms with van der Waals surface area (Å²) in [5.41, 5.74) is 0.344. The molecule has 3 atom stereocenters. The summed E-state index contributed by atoms with van der Waals surface area (Å²) in [6.07, 6.45) is 2.60. The maximum absolute atomic E-state index is 14.3. The Bertz CT molecular complexity index is 1860. The smallest absolute Gasteiger partial charge is 0.458 e. The monoisotopic (exact) mass is 708 g/mol. The van der Waals surface area contributed by atoms with E-state index in [0.717, 1.165) is 22.4 Å². The van der Waals surface area contributed by atoms with Crippen molar-refractivity contribution >= 4 is 63.6 Å². The second-order valence-electron chi connectivity index (χ2n) is 11.3. The van der Waals surface area contributed by atoms with Gasteiger partial charge in [0.25, 0.3) is 0 Å². The standard InChI is InChI=1S/C39H37N2O7PS/c1-4-24-46-38(44)31-20-12-13-21-33(31)49(29-16-8-6-9-17-29,30-18-10-7-11-19-30)27-41-32(26-35(42)50-34-22-14-15-23-40-34)36(37(41)43)28(3)48-39(45)47-25-5-2/h4-23,27-28,32,36H,1-2,24-26H2,3H3/t28-,32-,36-/m1/s1. The van der Waals surface area contributed by atoms with Crippen LogP contribution < -0.4 is 15.9 Å². The number of esters is 1. The van der Waals surface area contributed by atoms with E-state index in [4.69, 9.17) is 14.2 Å². The first-order valence-electron chi connectivity index (χ1n) is 15.9. The number of nitrogens with zero attached hydrogens (tertiary/aromatic N) is 2. The Kier molecular flexibility index (Phi) is 12.3. The highest BCUT2D eigenvalue weighted by Crippen LogP contribution is 2.47. The number of carbonyl (C=O) groups is 4. The lowest BCUT2D eigenvalue weighted by molar-refractivity contribution is -0.155. The van der Waals surface area contributed by atoms with Gasteiger partial charge in [-0.1, -0.05) is 110 Å². The number of hydrogen-bond donors (Lipinski definition) is 0. The second-order valence-corrected chi connectivity index (χ2v) is 15.5. The third kappa shape index (κ3) is 7.99. The van der Waals surface area contributed by atoms with Crippen LogP contribution in [0.2, 0.25) is 0 Å². The van der Waals surface area contributed by atoms with Crippen LogP contribution in [0.1, 0.15) is 23.7 Å². The van der Waals surface area contributed by atoms with E-state index in [-0.39, 0.29) is 30.7 Å². The van der Waals surface area contributed by atoms with E-state index in [1.807, 2.05) is 78.7 Å². The highest BCUT2D eigenvalue weighted by atomic mass is 32.2. The van der Waals surface area contributed by atoms with E-state index in [0.29, 0.717) is 15.9 Å². The Labute approximate surface area is 295 Å². The van der Waals surface area contributed by atoms with Crippen molar-refractivity contribution in [2.75, 3.05) is 13.2 Å². The summed E-state index contributed by atoms with van der Waals surface area (Å²) in [6, 6.07) is 31.2. The second kappa shape index (κ2) is 17.0. The van der Waals surface area contributed by atoms with Gasteiger partial charge in [0.05, 0.1) is 17.5 Å². The fourth-order valence-corrected chi connectivity index (χ4v) is 10.7. The van der Waals surface area contributed by atoms with Crippen LogP contribution in [-0.2, 0) is 23.8 Å². The molecule has 0 bridgehead atoms. The molecule has 0 N–H and O–H groups in total. The molecule has 11 heteroatoms. The fraction of sp³-hybridized carbons (Fsp3) is 0.179. The SMILES string of the molecule is C=CCOC(=O)O[C@H](C)[C@H]1C(=O)N(C=P(c2ccccc2)(c2ccccc2)c2ccccc2C(=O)OCC=C)[C@@H]1CC(=O)Sc1ccccn1. The van der Waals surface area contributed by atoms with E-state index < -0.39 is 37.1 Å². The number of ether oxygens (including phenoxy) is 3. The van der Waals surface area contributed by atoms with Crippen LogP contribution in [0.15, 0.2) is 140 Å². The summed E-state index contributed by atoms with van der Waals surface area (Å²) in [6.45, 7) is 5.80. The molecule has 1 amide bonds. The topological polar surface area (TPSA) is 112 Å². The van der Waals surface area contributed by atoms with E-state index >= 15 is 0 Å². The van der Waals surface area contributed by atoms with Crippen LogP contribution in [0.25, 0.3) is 0 Å². The molecule has 0 spiro atoms. The van der Waals surface area contributed by atoms with Crippen molar-refractivity contribution in [3.05, 3.63) is 140 Å². The van der Waals surface area contributed by atoms with Gasteiger partial charge in [0.15, 0.2) is 5.12 Å². The van der Waals surface area contributed by atoms with Crippen molar-refractivity contribution in [1.82, 2.24) is 9.88 Å². The fourth-order valence-electron chi connectivity index (χ4n) is 5.90. The molecule has 1 aliphatic heterocycles. The van der Waals surface area contributed by atoms with E-state index in [1.165, 1.54) is 12.2 Å². The van der Waals surface area contributed by atoms with Gasteiger partial charge in [-0.25, -0.2) is 14.6 Å². The summed E-state index contributed by atoms with van der Waals surface area (Å²) in [5, 5.41) is 2.72. The molecule has 3 aromatic carbocycles. The van der Waals surface area contributed by atoms with Crippen molar-refractivity contribution < 1.29 is 33.4 Å². The number of aromatic nitrogens is 1. The first-order chi connectivity index (χ1) is 24.3. The van der Waals surface area contributed by atoms with Crippen molar-refractivity contribution in [3.8, 4) is 0 Å². The van der Waals surface area contributed by atoms with Crippen molar-refractivity contribution in [2.45, 2.75) is 30.5 Å². The van der Waals surface area contributed by atoms with Crippen LogP contribution in [0.4, 0.5) is 4.79 Å². The van der Waals surface area contributed by atoms with Crippen molar-refractivity contribution in [2.24, 2.45) is 5.92 Å². The molecule has 1 aromatic heterocycles. The first kappa shape index (κ1) is 36.1. The van der Waals surface area contributed by atoms with Gasteiger partial charge in [0, 0.05) is 18.5 Å². The number of amides is 1. The van der Waals surface area contributed by atoms with Crippen LogP contribution >= 0.6 is 18.6 Å². The number of benzene rings is 3. The van der Waals surface area contributed by atoms with E-state index in [2.05, 4.69) is 18.1 Å². The summed E-state index contributed by atoms with van der Waals surface area (Å²) >= 11 is 0.979. The third-order valence-electron chi connectivity index (χ3n) is 8.11. The molecule has 1 fully saturated rings. The molecule has 0 unspecified atom stereocenters. The molecule has 0 radical (unpaired) electrons. The van der Waals surface area contributed by atoms with Crippen LogP contribution in [0, 0.1) is 5.92 Å². The van der Waals surface area contributed by atoms with Crippen molar-refractivity contribution in [3.63, 3.8) is 0 Å². The Morgan fingerprint density at radius 1 is 0.860 bits per heavy atom. The zero-order chi connectivity index (χ0) is 35.5. The summed E-state index contributed by atoms with van der Waals surface area (Å²) in [7, 11) is 0. The third-order valence-corrected chi connectivity index (χ3v) is 12.9. The minimum absolute atomic E-state index is 0.0243. The predicted molar refractivity (Wildman–Crippen MR) is 198 cm³/mol. The number of hydrogen-bond acceptors (Lipinski definition) is 9. The summed E-state index contributed by atoms with van der Waals surface area (Å²) in [5.74, 6) is 0.175. The predicted octanol–water partition coefficient (Wildman–Crippen LogP) is 5.74. The minimum atomic E-state index is -3.00. The highest BCUT2D eigenvalue weighted by Gasteiger charge is 2.52. The summed E-state index contributed by atoms with van der Waals surface area (Å²) < 4.78 is 16.1. The number of likely N-dealkylation sites (tertiary alicyclic amines) is 1. The number of thioether (sulfide) groups is 1. The summed E-state index contributed by atoms with van der Waals surface area (Å²) in [4.78, 5) is 59.8. The van der Waals surface area contributed by atoms with Crippen LogP contribution in [0.3, 0.4) is 0 Å². The first-order valence-corrected chi connectivity index (χ1v) is 18.6. The van der Waals surface area contributed by atoms with Crippen LogP contribution in [0.5, 0.6) is 0 Å². The van der Waals surface area contributed by atoms with Gasteiger partial charge < -0.3 is 19.1 Å². The molecule has 2 heterocycles. The number of rotatable bonds is 14. The minimum Gasteiger partial charge on any atom is -0.458 e. The number of β-lactam (4-membered cyclic amide) rings is 1. The lowest BCUT2D eigenvalue weighted by Crippen LogP contribution is -2.65. The molecule has 50 heavy (non-hydrogen) atoms. The molecule has 5 rings (SSSR count). The molecule has 1 saturated heterocycles. The molecule has 0 saturated carbocycles. The lowest BCUT2D eigenvalue weighted by atomic mass is 9.82. The molecule has 1 aliphatic rings. The molecule has 4 aromatic rings. The number of carbonyl (C=O) groups excluding carboxylic acids is 4. The zero-order valence-corrected chi connectivity index (χ0v) is 29.2. The Balaban J connectivity index is 1.69. The van der Waals surface area contributed by atoms with Crippen LogP contribution in [-0.4, -0.2) is 64.3 Å². The van der Waals surface area contributed by atoms with Gasteiger partial charge >= 0.3 is 12.1 Å².